The first-order valence-corrected chi connectivity index (χ1v) is 8.77. The fourth-order valence-electron chi connectivity index (χ4n) is 6.37. The van der Waals surface area contributed by atoms with Crippen molar-refractivity contribution in [3.8, 4) is 0 Å². The largest absolute Gasteiger partial charge is 0.390 e. The van der Waals surface area contributed by atoms with Gasteiger partial charge in [-0.1, -0.05) is 13.8 Å². The van der Waals surface area contributed by atoms with Gasteiger partial charge in [-0.2, -0.15) is 0 Å². The smallest absolute Gasteiger partial charge is 0.223 e. The van der Waals surface area contributed by atoms with Crippen LogP contribution in [-0.4, -0.2) is 34.6 Å². The summed E-state index contributed by atoms with van der Waals surface area (Å²) in [7, 11) is 0. The van der Waals surface area contributed by atoms with Crippen LogP contribution < -0.4 is 0 Å². The highest BCUT2D eigenvalue weighted by Crippen LogP contribution is 2.63. The quantitative estimate of drug-likeness (QED) is 0.849. The first-order chi connectivity index (χ1) is 9.77. The maximum absolute atomic E-state index is 12.8. The van der Waals surface area contributed by atoms with Gasteiger partial charge in [0.05, 0.1) is 5.60 Å². The summed E-state index contributed by atoms with van der Waals surface area (Å²) in [6, 6.07) is 0. The number of hydrogen-bond acceptors (Lipinski definition) is 2. The second kappa shape index (κ2) is 4.24. The van der Waals surface area contributed by atoms with Crippen molar-refractivity contribution in [1.29, 1.82) is 0 Å². The van der Waals surface area contributed by atoms with Gasteiger partial charge in [-0.15, -0.1) is 0 Å². The molecule has 1 N–H and O–H groups in total. The van der Waals surface area contributed by atoms with Crippen LogP contribution in [0.5, 0.6) is 0 Å². The molecule has 5 rings (SSSR count). The lowest BCUT2D eigenvalue weighted by Crippen LogP contribution is -2.56. The van der Waals surface area contributed by atoms with Gasteiger partial charge in [0.25, 0.3) is 0 Å². The van der Waals surface area contributed by atoms with Gasteiger partial charge in [-0.3, -0.25) is 4.79 Å². The monoisotopic (exact) mass is 291 g/mol. The molecule has 1 heterocycles. The Morgan fingerprint density at radius 1 is 1.19 bits per heavy atom. The number of amides is 1. The molecule has 5 aliphatic rings. The molecule has 0 radical (unpaired) electrons. The molecule has 4 saturated carbocycles. The van der Waals surface area contributed by atoms with Crippen molar-refractivity contribution < 1.29 is 9.90 Å². The Labute approximate surface area is 128 Å². The highest BCUT2D eigenvalue weighted by molar-refractivity contribution is 5.77. The number of hydrogen-bond donors (Lipinski definition) is 1. The van der Waals surface area contributed by atoms with E-state index in [1.54, 1.807) is 0 Å². The molecule has 3 nitrogen and oxygen atoms in total. The summed E-state index contributed by atoms with van der Waals surface area (Å²) in [4.78, 5) is 14.9. The molecule has 3 heteroatoms. The van der Waals surface area contributed by atoms with Crippen molar-refractivity contribution >= 4 is 5.91 Å². The van der Waals surface area contributed by atoms with Crippen LogP contribution in [0.4, 0.5) is 0 Å². The van der Waals surface area contributed by atoms with E-state index in [9.17, 15) is 9.90 Å². The average Bonchev–Trinajstić information content (AvgIpc) is 2.65. The third-order valence-corrected chi connectivity index (χ3v) is 6.71. The van der Waals surface area contributed by atoms with E-state index in [-0.39, 0.29) is 10.8 Å². The molecule has 1 amide bonds. The zero-order valence-corrected chi connectivity index (χ0v) is 13.5. The first-order valence-electron chi connectivity index (χ1n) is 8.77. The van der Waals surface area contributed by atoms with Gasteiger partial charge in [0.2, 0.25) is 5.91 Å². The van der Waals surface area contributed by atoms with Gasteiger partial charge in [0, 0.05) is 19.5 Å². The molecule has 118 valence electrons. The lowest BCUT2D eigenvalue weighted by Gasteiger charge is -2.60. The van der Waals surface area contributed by atoms with Crippen molar-refractivity contribution in [2.45, 2.75) is 70.8 Å². The van der Waals surface area contributed by atoms with Gasteiger partial charge < -0.3 is 10.0 Å². The third-order valence-electron chi connectivity index (χ3n) is 6.71. The molecule has 0 aromatic rings. The number of rotatable bonds is 2. The van der Waals surface area contributed by atoms with Crippen LogP contribution in [0.15, 0.2) is 0 Å². The van der Waals surface area contributed by atoms with Crippen molar-refractivity contribution in [3.63, 3.8) is 0 Å². The van der Waals surface area contributed by atoms with E-state index in [4.69, 9.17) is 0 Å². The molecule has 1 aliphatic heterocycles. The van der Waals surface area contributed by atoms with Crippen LogP contribution >= 0.6 is 0 Å². The maximum atomic E-state index is 12.8. The maximum Gasteiger partial charge on any atom is 0.223 e. The molecular formula is C18H29NO2. The van der Waals surface area contributed by atoms with Gasteiger partial charge in [-0.05, 0) is 67.6 Å². The highest BCUT2D eigenvalue weighted by Gasteiger charge is 2.57. The zero-order valence-electron chi connectivity index (χ0n) is 13.5. The van der Waals surface area contributed by atoms with E-state index >= 15 is 0 Å². The Morgan fingerprint density at radius 3 is 2.38 bits per heavy atom. The molecule has 0 aromatic heterocycles. The number of nitrogens with zero attached hydrogens (tertiary/aromatic N) is 1. The Bertz CT molecular complexity index is 456. The molecule has 21 heavy (non-hydrogen) atoms. The lowest BCUT2D eigenvalue weighted by atomic mass is 9.47. The van der Waals surface area contributed by atoms with Crippen LogP contribution in [0.25, 0.3) is 0 Å². The summed E-state index contributed by atoms with van der Waals surface area (Å²) in [6.45, 7) is 6.36. The Hall–Kier alpha value is -0.570. The second-order valence-electron chi connectivity index (χ2n) is 9.59. The Kier molecular flexibility index (Phi) is 2.84. The normalized spacial score (nSPS) is 47.1. The number of carbonyl (C=O) groups is 1. The van der Waals surface area contributed by atoms with Gasteiger partial charge >= 0.3 is 0 Å². The minimum atomic E-state index is -0.436. The van der Waals surface area contributed by atoms with Crippen LogP contribution in [0.1, 0.15) is 65.2 Å². The van der Waals surface area contributed by atoms with Crippen molar-refractivity contribution in [2.24, 2.45) is 22.7 Å². The van der Waals surface area contributed by atoms with Crippen LogP contribution in [0, 0.1) is 22.7 Å². The molecule has 2 unspecified atom stereocenters. The van der Waals surface area contributed by atoms with E-state index in [1.165, 1.54) is 19.3 Å². The third kappa shape index (κ3) is 2.42. The molecule has 4 bridgehead atoms. The minimum Gasteiger partial charge on any atom is -0.390 e. The molecule has 5 fully saturated rings. The number of likely N-dealkylation sites (tertiary alicyclic amines) is 1. The van der Waals surface area contributed by atoms with Gasteiger partial charge in [0.1, 0.15) is 0 Å². The first kappa shape index (κ1) is 14.0. The zero-order chi connectivity index (χ0) is 14.9. The molecule has 0 spiro atoms. The average molecular weight is 291 g/mol. The fraction of sp³-hybridized carbons (Fsp3) is 0.944. The van der Waals surface area contributed by atoms with E-state index in [1.807, 2.05) is 0 Å². The fourth-order valence-corrected chi connectivity index (χ4v) is 6.37. The summed E-state index contributed by atoms with van der Waals surface area (Å²) >= 11 is 0. The lowest BCUT2D eigenvalue weighted by molar-refractivity contribution is -0.171. The Balaban J connectivity index is 1.48. The number of carbonyl (C=O) groups excluding carboxylic acids is 1. The molecule has 0 aromatic carbocycles. The van der Waals surface area contributed by atoms with E-state index in [0.29, 0.717) is 24.2 Å². The van der Waals surface area contributed by atoms with E-state index < -0.39 is 5.60 Å². The van der Waals surface area contributed by atoms with Crippen LogP contribution in [-0.2, 0) is 4.79 Å². The Morgan fingerprint density at radius 2 is 1.86 bits per heavy atom. The van der Waals surface area contributed by atoms with Crippen molar-refractivity contribution in [3.05, 3.63) is 0 Å². The summed E-state index contributed by atoms with van der Waals surface area (Å²) in [5.41, 5.74) is -0.0212. The van der Waals surface area contributed by atoms with E-state index in [0.717, 1.165) is 38.8 Å². The van der Waals surface area contributed by atoms with Crippen LogP contribution in [0.2, 0.25) is 0 Å². The van der Waals surface area contributed by atoms with Crippen molar-refractivity contribution in [2.75, 3.05) is 13.1 Å². The molecule has 2 atom stereocenters. The van der Waals surface area contributed by atoms with Crippen LogP contribution in [0.3, 0.4) is 0 Å². The molecule has 4 aliphatic carbocycles. The van der Waals surface area contributed by atoms with Gasteiger partial charge in [0.15, 0.2) is 0 Å². The summed E-state index contributed by atoms with van der Waals surface area (Å²) in [5.74, 6) is 1.71. The SMILES string of the molecule is CC1(C)CCN(C(=O)CC23CC4CC(CC(O)(C4)C2)C3)C1. The van der Waals surface area contributed by atoms with E-state index in [2.05, 4.69) is 18.7 Å². The predicted molar refractivity (Wildman–Crippen MR) is 81.7 cm³/mol. The molecular weight excluding hydrogens is 262 g/mol. The summed E-state index contributed by atoms with van der Waals surface area (Å²) in [6.07, 6.45) is 8.38. The molecule has 1 saturated heterocycles. The summed E-state index contributed by atoms with van der Waals surface area (Å²) < 4.78 is 0. The topological polar surface area (TPSA) is 40.5 Å². The number of aliphatic hydroxyl groups is 1. The highest BCUT2D eigenvalue weighted by atomic mass is 16.3. The second-order valence-corrected chi connectivity index (χ2v) is 9.59. The van der Waals surface area contributed by atoms with Crippen molar-refractivity contribution in [1.82, 2.24) is 4.90 Å². The minimum absolute atomic E-state index is 0.128. The van der Waals surface area contributed by atoms with Gasteiger partial charge in [-0.25, -0.2) is 0 Å². The summed E-state index contributed by atoms with van der Waals surface area (Å²) in [5, 5.41) is 10.8. The standard InChI is InChI=1S/C18H29NO2/c1-16(2)3-4-19(12-16)15(20)10-17-6-13-5-14(7-17)9-18(21,8-13)11-17/h13-14,21H,3-12H2,1-2H3. The predicted octanol–water partition coefficient (Wildman–Crippen LogP) is 2.97.